The molecule has 7 heteroatoms. The summed E-state index contributed by atoms with van der Waals surface area (Å²) < 4.78 is 9.74. The standard InChI is InChI=1S/C16H22N4O2S/c1-11-7-14(12(2)20(11)8-13-5-4-6-22-13)15(21)9-23-16-18-17-10-19(16)3/h7,10,13H,4-6,8-9H2,1-3H3. The number of hydrogen-bond donors (Lipinski definition) is 0. The third kappa shape index (κ3) is 3.50. The molecule has 1 saturated heterocycles. The zero-order chi connectivity index (χ0) is 16.4. The normalized spacial score (nSPS) is 17.8. The molecule has 1 unspecified atom stereocenters. The molecule has 124 valence electrons. The van der Waals surface area contributed by atoms with Gasteiger partial charge in [-0.25, -0.2) is 0 Å². The fraction of sp³-hybridized carbons (Fsp3) is 0.562. The molecule has 1 atom stereocenters. The Kier molecular flexibility index (Phi) is 4.87. The molecule has 1 fully saturated rings. The van der Waals surface area contributed by atoms with E-state index in [-0.39, 0.29) is 11.9 Å². The lowest BCUT2D eigenvalue weighted by Crippen LogP contribution is -2.17. The van der Waals surface area contributed by atoms with Crippen LogP contribution in [-0.2, 0) is 18.3 Å². The van der Waals surface area contributed by atoms with Gasteiger partial charge in [-0.15, -0.1) is 10.2 Å². The van der Waals surface area contributed by atoms with Crippen molar-refractivity contribution in [1.29, 1.82) is 0 Å². The highest BCUT2D eigenvalue weighted by atomic mass is 32.2. The smallest absolute Gasteiger partial charge is 0.191 e. The lowest BCUT2D eigenvalue weighted by atomic mass is 10.2. The number of carbonyl (C=O) groups excluding carboxylic acids is 1. The van der Waals surface area contributed by atoms with Crippen molar-refractivity contribution in [2.24, 2.45) is 7.05 Å². The number of ketones is 1. The van der Waals surface area contributed by atoms with Gasteiger partial charge in [-0.05, 0) is 32.8 Å². The first-order valence-electron chi connectivity index (χ1n) is 7.84. The highest BCUT2D eigenvalue weighted by molar-refractivity contribution is 7.99. The van der Waals surface area contributed by atoms with Gasteiger partial charge >= 0.3 is 0 Å². The van der Waals surface area contributed by atoms with Crippen LogP contribution in [0.2, 0.25) is 0 Å². The van der Waals surface area contributed by atoms with Gasteiger partial charge < -0.3 is 13.9 Å². The highest BCUT2D eigenvalue weighted by Crippen LogP contribution is 2.22. The maximum atomic E-state index is 12.6. The Morgan fingerprint density at radius 1 is 1.48 bits per heavy atom. The minimum atomic E-state index is 0.129. The van der Waals surface area contributed by atoms with Gasteiger partial charge in [0, 0.05) is 37.2 Å². The van der Waals surface area contributed by atoms with E-state index in [0.29, 0.717) is 5.75 Å². The average molecular weight is 334 g/mol. The van der Waals surface area contributed by atoms with Gasteiger partial charge in [0.25, 0.3) is 0 Å². The average Bonchev–Trinajstić information content (AvgIpc) is 3.23. The van der Waals surface area contributed by atoms with E-state index >= 15 is 0 Å². The zero-order valence-electron chi connectivity index (χ0n) is 13.8. The topological polar surface area (TPSA) is 61.9 Å². The number of carbonyl (C=O) groups is 1. The summed E-state index contributed by atoms with van der Waals surface area (Å²) >= 11 is 1.42. The van der Waals surface area contributed by atoms with Crippen LogP contribution < -0.4 is 0 Å². The van der Waals surface area contributed by atoms with Crippen LogP contribution in [0.4, 0.5) is 0 Å². The van der Waals surface area contributed by atoms with E-state index in [1.165, 1.54) is 11.8 Å². The number of aromatic nitrogens is 4. The zero-order valence-corrected chi connectivity index (χ0v) is 14.6. The molecular formula is C16H22N4O2S. The van der Waals surface area contributed by atoms with E-state index in [1.54, 1.807) is 6.33 Å². The summed E-state index contributed by atoms with van der Waals surface area (Å²) in [6.07, 6.45) is 4.14. The molecule has 1 aliphatic rings. The van der Waals surface area contributed by atoms with E-state index in [4.69, 9.17) is 4.74 Å². The Morgan fingerprint density at radius 2 is 2.30 bits per heavy atom. The lowest BCUT2D eigenvalue weighted by Gasteiger charge is -2.14. The van der Waals surface area contributed by atoms with E-state index in [2.05, 4.69) is 21.7 Å². The van der Waals surface area contributed by atoms with Crippen LogP contribution >= 0.6 is 11.8 Å². The Bertz CT molecular complexity index is 701. The van der Waals surface area contributed by atoms with Gasteiger partial charge in [0.05, 0.1) is 11.9 Å². The minimum Gasteiger partial charge on any atom is -0.376 e. The van der Waals surface area contributed by atoms with Crippen molar-refractivity contribution < 1.29 is 9.53 Å². The molecule has 0 amide bonds. The van der Waals surface area contributed by atoms with Crippen molar-refractivity contribution in [2.45, 2.75) is 44.5 Å². The second-order valence-electron chi connectivity index (χ2n) is 5.97. The third-order valence-corrected chi connectivity index (χ3v) is 5.32. The Morgan fingerprint density at radius 3 is 2.96 bits per heavy atom. The van der Waals surface area contributed by atoms with Gasteiger partial charge in [0.1, 0.15) is 6.33 Å². The number of nitrogens with zero attached hydrogens (tertiary/aromatic N) is 4. The molecule has 0 spiro atoms. The molecule has 0 aliphatic carbocycles. The quantitative estimate of drug-likeness (QED) is 0.599. The molecule has 6 nitrogen and oxygen atoms in total. The third-order valence-electron chi connectivity index (χ3n) is 4.29. The number of hydrogen-bond acceptors (Lipinski definition) is 5. The molecule has 23 heavy (non-hydrogen) atoms. The number of aryl methyl sites for hydroxylation is 2. The molecule has 0 aromatic carbocycles. The van der Waals surface area contributed by atoms with Crippen LogP contribution in [0.15, 0.2) is 17.6 Å². The molecular weight excluding hydrogens is 312 g/mol. The summed E-state index contributed by atoms with van der Waals surface area (Å²) in [5.74, 6) is 0.501. The molecule has 2 aromatic heterocycles. The summed E-state index contributed by atoms with van der Waals surface area (Å²) in [4.78, 5) is 12.6. The number of rotatable bonds is 6. The number of thioether (sulfide) groups is 1. The molecule has 3 heterocycles. The second-order valence-corrected chi connectivity index (χ2v) is 6.91. The second kappa shape index (κ2) is 6.88. The summed E-state index contributed by atoms with van der Waals surface area (Å²) in [5, 5.41) is 8.58. The molecule has 0 N–H and O–H groups in total. The van der Waals surface area contributed by atoms with Gasteiger partial charge in [-0.3, -0.25) is 4.79 Å². The van der Waals surface area contributed by atoms with E-state index < -0.39 is 0 Å². The van der Waals surface area contributed by atoms with Crippen molar-refractivity contribution in [3.8, 4) is 0 Å². The van der Waals surface area contributed by atoms with Crippen LogP contribution in [0.3, 0.4) is 0 Å². The number of ether oxygens (including phenoxy) is 1. The Hall–Kier alpha value is -1.60. The van der Waals surface area contributed by atoms with Crippen molar-refractivity contribution in [1.82, 2.24) is 19.3 Å². The van der Waals surface area contributed by atoms with Gasteiger partial charge in [0.2, 0.25) is 0 Å². The predicted molar refractivity (Wildman–Crippen MR) is 88.9 cm³/mol. The van der Waals surface area contributed by atoms with Gasteiger partial charge in [-0.1, -0.05) is 11.8 Å². The molecule has 3 rings (SSSR count). The van der Waals surface area contributed by atoms with Crippen molar-refractivity contribution in [3.63, 3.8) is 0 Å². The van der Waals surface area contributed by atoms with Crippen LogP contribution in [0.25, 0.3) is 0 Å². The predicted octanol–water partition coefficient (Wildman–Crippen LogP) is 2.39. The maximum absolute atomic E-state index is 12.6. The number of Topliss-reactive ketones (excluding diaryl/α,β-unsaturated/α-hetero) is 1. The lowest BCUT2D eigenvalue weighted by molar-refractivity contribution is 0.0957. The Balaban J connectivity index is 1.69. The van der Waals surface area contributed by atoms with Gasteiger partial charge in [-0.2, -0.15) is 0 Å². The molecule has 0 bridgehead atoms. The highest BCUT2D eigenvalue weighted by Gasteiger charge is 2.21. The molecule has 2 aromatic rings. The summed E-state index contributed by atoms with van der Waals surface area (Å²) in [6, 6.07) is 1.99. The van der Waals surface area contributed by atoms with Crippen molar-refractivity contribution in [3.05, 3.63) is 29.3 Å². The largest absolute Gasteiger partial charge is 0.376 e. The summed E-state index contributed by atoms with van der Waals surface area (Å²) in [6.45, 7) is 5.75. The first-order chi connectivity index (χ1) is 11.1. The molecule has 0 saturated carbocycles. The first-order valence-corrected chi connectivity index (χ1v) is 8.83. The van der Waals surface area contributed by atoms with E-state index in [9.17, 15) is 4.79 Å². The van der Waals surface area contributed by atoms with Crippen molar-refractivity contribution in [2.75, 3.05) is 12.4 Å². The Labute approximate surface area is 140 Å². The monoisotopic (exact) mass is 334 g/mol. The minimum absolute atomic E-state index is 0.129. The van der Waals surface area contributed by atoms with Crippen molar-refractivity contribution >= 4 is 17.5 Å². The van der Waals surface area contributed by atoms with Crippen LogP contribution in [0, 0.1) is 13.8 Å². The SMILES string of the molecule is Cc1cc(C(=O)CSc2nncn2C)c(C)n1CC1CCCO1. The van der Waals surface area contributed by atoms with E-state index in [1.807, 2.05) is 24.6 Å². The summed E-state index contributed by atoms with van der Waals surface area (Å²) in [7, 11) is 1.88. The first kappa shape index (κ1) is 16.3. The van der Waals surface area contributed by atoms with E-state index in [0.717, 1.165) is 48.1 Å². The van der Waals surface area contributed by atoms with Crippen LogP contribution in [0.5, 0.6) is 0 Å². The fourth-order valence-electron chi connectivity index (χ4n) is 2.97. The van der Waals surface area contributed by atoms with Gasteiger partial charge in [0.15, 0.2) is 10.9 Å². The van der Waals surface area contributed by atoms with Crippen LogP contribution in [0.1, 0.15) is 34.6 Å². The summed E-state index contributed by atoms with van der Waals surface area (Å²) in [5.41, 5.74) is 2.95. The maximum Gasteiger partial charge on any atom is 0.191 e. The molecule has 1 aliphatic heterocycles. The molecule has 0 radical (unpaired) electrons. The van der Waals surface area contributed by atoms with Crippen LogP contribution in [-0.4, -0.2) is 43.6 Å². The fourth-order valence-corrected chi connectivity index (χ4v) is 3.74.